The number of carbonyl (C=O) groups is 1. The molecule has 0 radical (unpaired) electrons. The van der Waals surface area contributed by atoms with Gasteiger partial charge < -0.3 is 14.6 Å². The van der Waals surface area contributed by atoms with Gasteiger partial charge in [0.1, 0.15) is 5.82 Å². The molecule has 1 aliphatic heterocycles. The first-order valence-electron chi connectivity index (χ1n) is 5.41. The summed E-state index contributed by atoms with van der Waals surface area (Å²) in [7, 11) is 1.17. The molecule has 1 aromatic carbocycles. The Morgan fingerprint density at radius 3 is 2.83 bits per heavy atom. The van der Waals surface area contributed by atoms with Gasteiger partial charge in [-0.3, -0.25) is 0 Å². The van der Waals surface area contributed by atoms with Gasteiger partial charge in [-0.05, 0) is 17.7 Å². The monoisotopic (exact) mass is 272 g/mol. The van der Waals surface area contributed by atoms with Gasteiger partial charge in [0.2, 0.25) is 0 Å². The summed E-state index contributed by atoms with van der Waals surface area (Å²) >= 11 is 1.39. The van der Waals surface area contributed by atoms with Crippen molar-refractivity contribution in [1.29, 1.82) is 0 Å². The van der Waals surface area contributed by atoms with Crippen LogP contribution in [0.1, 0.15) is 11.7 Å². The van der Waals surface area contributed by atoms with Crippen molar-refractivity contribution < 1.29 is 23.8 Å². The number of methoxy groups -OCH3 is 1. The fourth-order valence-electron chi connectivity index (χ4n) is 1.49. The Kier molecular flexibility index (Phi) is 4.21. The fraction of sp³-hybridized carbons (Fsp3) is 0.417. The summed E-state index contributed by atoms with van der Waals surface area (Å²) in [5.74, 6) is -1.26. The molecule has 18 heavy (non-hydrogen) atoms. The standard InChI is InChI=1S/C12H13FO4S/c1-16-12(15)11(14)7-2-3-10(9(13)4-7)18-8-5-17-6-8/h2-4,8,11,14H,5-6H2,1H3. The molecular weight excluding hydrogens is 259 g/mol. The molecule has 0 aliphatic carbocycles. The molecule has 2 rings (SSSR count). The average molecular weight is 272 g/mol. The highest BCUT2D eigenvalue weighted by molar-refractivity contribution is 8.00. The molecule has 1 aliphatic rings. The molecule has 0 aromatic heterocycles. The molecule has 1 unspecified atom stereocenters. The number of halogens is 1. The van der Waals surface area contributed by atoms with Gasteiger partial charge >= 0.3 is 5.97 Å². The van der Waals surface area contributed by atoms with Gasteiger partial charge in [0.25, 0.3) is 0 Å². The Hall–Kier alpha value is -1.11. The van der Waals surface area contributed by atoms with E-state index in [4.69, 9.17) is 4.74 Å². The van der Waals surface area contributed by atoms with Crippen LogP contribution in [0.15, 0.2) is 23.1 Å². The van der Waals surface area contributed by atoms with Gasteiger partial charge in [0, 0.05) is 4.90 Å². The van der Waals surface area contributed by atoms with Crippen molar-refractivity contribution in [3.63, 3.8) is 0 Å². The lowest BCUT2D eigenvalue weighted by Gasteiger charge is -2.25. The normalized spacial score (nSPS) is 17.1. The maximum Gasteiger partial charge on any atom is 0.339 e. The van der Waals surface area contributed by atoms with Crippen molar-refractivity contribution in [3.8, 4) is 0 Å². The highest BCUT2D eigenvalue weighted by Gasteiger charge is 2.23. The highest BCUT2D eigenvalue weighted by Crippen LogP contribution is 2.31. The molecule has 1 N–H and O–H groups in total. The van der Waals surface area contributed by atoms with E-state index in [2.05, 4.69) is 4.74 Å². The maximum atomic E-state index is 13.8. The molecule has 0 saturated carbocycles. The number of aliphatic hydroxyl groups excluding tert-OH is 1. The van der Waals surface area contributed by atoms with Crippen LogP contribution >= 0.6 is 11.8 Å². The van der Waals surface area contributed by atoms with Crippen molar-refractivity contribution in [2.45, 2.75) is 16.2 Å². The van der Waals surface area contributed by atoms with E-state index in [1.807, 2.05) is 0 Å². The van der Waals surface area contributed by atoms with Crippen molar-refractivity contribution in [2.75, 3.05) is 20.3 Å². The van der Waals surface area contributed by atoms with Gasteiger partial charge in [-0.15, -0.1) is 11.8 Å². The van der Waals surface area contributed by atoms with E-state index < -0.39 is 17.9 Å². The Balaban J connectivity index is 2.10. The minimum Gasteiger partial charge on any atom is -0.467 e. The quantitative estimate of drug-likeness (QED) is 0.842. The molecule has 0 spiro atoms. The topological polar surface area (TPSA) is 55.8 Å². The summed E-state index contributed by atoms with van der Waals surface area (Å²) in [6.07, 6.45) is -1.45. The van der Waals surface area contributed by atoms with Crippen LogP contribution in [0.5, 0.6) is 0 Å². The average Bonchev–Trinajstić information content (AvgIpc) is 2.33. The zero-order valence-electron chi connectivity index (χ0n) is 9.76. The smallest absolute Gasteiger partial charge is 0.339 e. The highest BCUT2D eigenvalue weighted by atomic mass is 32.2. The number of carbonyl (C=O) groups excluding carboxylic acids is 1. The summed E-state index contributed by atoms with van der Waals surface area (Å²) in [4.78, 5) is 11.6. The second-order valence-corrected chi connectivity index (χ2v) is 5.24. The lowest BCUT2D eigenvalue weighted by Crippen LogP contribution is -2.30. The number of thioether (sulfide) groups is 1. The van der Waals surface area contributed by atoms with E-state index in [0.717, 1.165) is 6.07 Å². The SMILES string of the molecule is COC(=O)C(O)c1ccc(SC2COC2)c(F)c1. The van der Waals surface area contributed by atoms with Crippen molar-refractivity contribution >= 4 is 17.7 Å². The summed E-state index contributed by atoms with van der Waals surface area (Å²) in [6, 6.07) is 4.23. The molecule has 4 nitrogen and oxygen atoms in total. The lowest BCUT2D eigenvalue weighted by atomic mass is 10.1. The Morgan fingerprint density at radius 1 is 1.61 bits per heavy atom. The van der Waals surface area contributed by atoms with E-state index in [-0.39, 0.29) is 10.8 Å². The third-order valence-electron chi connectivity index (χ3n) is 2.60. The minimum absolute atomic E-state index is 0.188. The van der Waals surface area contributed by atoms with E-state index in [1.54, 1.807) is 6.07 Å². The van der Waals surface area contributed by atoms with Gasteiger partial charge in [-0.2, -0.15) is 0 Å². The van der Waals surface area contributed by atoms with E-state index >= 15 is 0 Å². The third kappa shape index (κ3) is 2.82. The van der Waals surface area contributed by atoms with Crippen LogP contribution in [-0.2, 0) is 14.3 Å². The Morgan fingerprint density at radius 2 is 2.33 bits per heavy atom. The zero-order valence-corrected chi connectivity index (χ0v) is 10.6. The summed E-state index contributed by atoms with van der Waals surface area (Å²) in [5.41, 5.74) is 0.188. The number of esters is 1. The first kappa shape index (κ1) is 13.3. The van der Waals surface area contributed by atoms with Gasteiger partial charge in [-0.25, -0.2) is 9.18 Å². The number of hydrogen-bond donors (Lipinski definition) is 1. The molecule has 0 amide bonds. The number of benzene rings is 1. The van der Waals surface area contributed by atoms with Crippen molar-refractivity contribution in [1.82, 2.24) is 0 Å². The summed E-state index contributed by atoms with van der Waals surface area (Å²) < 4.78 is 23.2. The minimum atomic E-state index is -1.45. The van der Waals surface area contributed by atoms with Crippen molar-refractivity contribution in [3.05, 3.63) is 29.6 Å². The molecule has 0 bridgehead atoms. The second kappa shape index (κ2) is 5.69. The van der Waals surface area contributed by atoms with Gasteiger partial charge in [-0.1, -0.05) is 6.07 Å². The first-order chi connectivity index (χ1) is 8.61. The van der Waals surface area contributed by atoms with E-state index in [0.29, 0.717) is 18.1 Å². The number of rotatable bonds is 4. The molecule has 1 atom stereocenters. The van der Waals surface area contributed by atoms with Crippen LogP contribution in [0.25, 0.3) is 0 Å². The zero-order chi connectivity index (χ0) is 13.1. The Bertz CT molecular complexity index is 448. The van der Waals surface area contributed by atoms with Crippen LogP contribution in [0, 0.1) is 5.82 Å². The number of ether oxygens (including phenoxy) is 2. The molecule has 1 saturated heterocycles. The van der Waals surface area contributed by atoms with E-state index in [9.17, 15) is 14.3 Å². The molecule has 1 aromatic rings. The van der Waals surface area contributed by atoms with Crippen LogP contribution in [-0.4, -0.2) is 36.6 Å². The van der Waals surface area contributed by atoms with E-state index in [1.165, 1.54) is 24.9 Å². The number of hydrogen-bond acceptors (Lipinski definition) is 5. The molecule has 6 heteroatoms. The summed E-state index contributed by atoms with van der Waals surface area (Å²) in [5, 5.41) is 9.85. The Labute approximate surface area is 108 Å². The molecular formula is C12H13FO4S. The maximum absolute atomic E-state index is 13.8. The second-order valence-electron chi connectivity index (χ2n) is 3.89. The lowest BCUT2D eigenvalue weighted by molar-refractivity contribution is -0.150. The van der Waals surface area contributed by atoms with Crippen molar-refractivity contribution in [2.24, 2.45) is 0 Å². The predicted octanol–water partition coefficient (Wildman–Crippen LogP) is 1.52. The van der Waals surface area contributed by atoms with Crippen LogP contribution in [0.3, 0.4) is 0 Å². The van der Waals surface area contributed by atoms with Gasteiger partial charge in [0.15, 0.2) is 6.10 Å². The summed E-state index contributed by atoms with van der Waals surface area (Å²) in [6.45, 7) is 1.24. The molecule has 98 valence electrons. The van der Waals surface area contributed by atoms with Gasteiger partial charge in [0.05, 0.1) is 25.6 Å². The predicted molar refractivity (Wildman–Crippen MR) is 63.8 cm³/mol. The van der Waals surface area contributed by atoms with Crippen LogP contribution in [0.2, 0.25) is 0 Å². The third-order valence-corrected chi connectivity index (χ3v) is 3.79. The van der Waals surface area contributed by atoms with Crippen LogP contribution < -0.4 is 0 Å². The molecule has 1 fully saturated rings. The molecule has 1 heterocycles. The number of aliphatic hydroxyl groups is 1. The first-order valence-corrected chi connectivity index (χ1v) is 6.29. The largest absolute Gasteiger partial charge is 0.467 e. The fourth-order valence-corrected chi connectivity index (χ4v) is 2.50. The van der Waals surface area contributed by atoms with Crippen LogP contribution in [0.4, 0.5) is 4.39 Å².